The molecule has 0 aromatic heterocycles. The standard InChI is InChI=1S/C8H7NO4S/c1-4-2-6(9(12)13)5(8(10)11)3-7(4)14/h2-3,14H,1H3,(H,10,11). The van der Waals surface area contributed by atoms with E-state index in [4.69, 9.17) is 5.11 Å². The van der Waals surface area contributed by atoms with Crippen LogP contribution in [0.2, 0.25) is 0 Å². The molecule has 0 spiro atoms. The zero-order valence-electron chi connectivity index (χ0n) is 7.22. The van der Waals surface area contributed by atoms with Gasteiger partial charge in [0.25, 0.3) is 5.69 Å². The second-order valence-corrected chi connectivity index (χ2v) is 3.20. The fourth-order valence-electron chi connectivity index (χ4n) is 1.00. The summed E-state index contributed by atoms with van der Waals surface area (Å²) in [4.78, 5) is 20.9. The number of carboxylic acids is 1. The number of aromatic carboxylic acids is 1. The van der Waals surface area contributed by atoms with Crippen molar-refractivity contribution in [1.82, 2.24) is 0 Å². The Bertz CT molecular complexity index is 377. The van der Waals surface area contributed by atoms with Gasteiger partial charge in [0.1, 0.15) is 5.56 Å². The molecule has 0 amide bonds. The van der Waals surface area contributed by atoms with Crippen molar-refractivity contribution in [1.29, 1.82) is 0 Å². The van der Waals surface area contributed by atoms with E-state index in [2.05, 4.69) is 12.6 Å². The van der Waals surface area contributed by atoms with Gasteiger partial charge in [0.05, 0.1) is 4.92 Å². The molecule has 1 aromatic carbocycles. The molecular weight excluding hydrogens is 206 g/mol. The highest BCUT2D eigenvalue weighted by molar-refractivity contribution is 7.80. The molecule has 0 saturated carbocycles. The van der Waals surface area contributed by atoms with Crippen LogP contribution in [0.15, 0.2) is 17.0 Å². The highest BCUT2D eigenvalue weighted by atomic mass is 32.1. The lowest BCUT2D eigenvalue weighted by Crippen LogP contribution is -2.03. The maximum atomic E-state index is 10.7. The van der Waals surface area contributed by atoms with Gasteiger partial charge in [-0.25, -0.2) is 4.79 Å². The lowest BCUT2D eigenvalue weighted by atomic mass is 10.1. The number of nitro groups is 1. The number of nitro benzene ring substituents is 1. The number of hydrogen-bond acceptors (Lipinski definition) is 4. The Morgan fingerprint density at radius 2 is 2.14 bits per heavy atom. The normalized spacial score (nSPS) is 9.86. The third kappa shape index (κ3) is 1.85. The molecule has 0 saturated heterocycles. The fraction of sp³-hybridized carbons (Fsp3) is 0.125. The van der Waals surface area contributed by atoms with E-state index in [1.807, 2.05) is 0 Å². The van der Waals surface area contributed by atoms with E-state index < -0.39 is 16.6 Å². The van der Waals surface area contributed by atoms with Crippen molar-refractivity contribution in [2.24, 2.45) is 0 Å². The van der Waals surface area contributed by atoms with Crippen LogP contribution >= 0.6 is 12.6 Å². The van der Waals surface area contributed by atoms with Crippen LogP contribution in [0.5, 0.6) is 0 Å². The summed E-state index contributed by atoms with van der Waals surface area (Å²) in [6.07, 6.45) is 0. The number of aryl methyl sites for hydroxylation is 1. The van der Waals surface area contributed by atoms with Gasteiger partial charge in [0.15, 0.2) is 0 Å². The van der Waals surface area contributed by atoms with Crippen molar-refractivity contribution in [3.05, 3.63) is 33.4 Å². The SMILES string of the molecule is Cc1cc([N+](=O)[O-])c(C(=O)O)cc1S. The molecule has 74 valence electrons. The second-order valence-electron chi connectivity index (χ2n) is 2.72. The summed E-state index contributed by atoms with van der Waals surface area (Å²) in [6, 6.07) is 2.38. The number of hydrogen-bond donors (Lipinski definition) is 2. The van der Waals surface area contributed by atoms with Crippen molar-refractivity contribution in [2.45, 2.75) is 11.8 Å². The molecule has 0 radical (unpaired) electrons. The highest BCUT2D eigenvalue weighted by Gasteiger charge is 2.20. The van der Waals surface area contributed by atoms with E-state index in [0.717, 1.165) is 0 Å². The molecule has 0 fully saturated rings. The first-order valence-electron chi connectivity index (χ1n) is 3.64. The van der Waals surface area contributed by atoms with Gasteiger partial charge in [-0.15, -0.1) is 12.6 Å². The molecule has 0 heterocycles. The monoisotopic (exact) mass is 213 g/mol. The third-order valence-corrected chi connectivity index (χ3v) is 2.22. The first-order chi connectivity index (χ1) is 6.43. The van der Waals surface area contributed by atoms with Gasteiger partial charge in [-0.2, -0.15) is 0 Å². The molecule has 0 aliphatic carbocycles. The smallest absolute Gasteiger partial charge is 0.342 e. The number of carboxylic acid groups (broad SMARTS) is 1. The van der Waals surface area contributed by atoms with E-state index in [-0.39, 0.29) is 5.56 Å². The molecule has 0 unspecified atom stereocenters. The van der Waals surface area contributed by atoms with Crippen LogP contribution in [0.3, 0.4) is 0 Å². The summed E-state index contributed by atoms with van der Waals surface area (Å²) in [5.74, 6) is -1.33. The zero-order valence-corrected chi connectivity index (χ0v) is 8.12. The van der Waals surface area contributed by atoms with Gasteiger partial charge in [0.2, 0.25) is 0 Å². The predicted octanol–water partition coefficient (Wildman–Crippen LogP) is 1.89. The van der Waals surface area contributed by atoms with Gasteiger partial charge in [-0.3, -0.25) is 10.1 Å². The number of nitrogens with zero attached hydrogens (tertiary/aromatic N) is 1. The Hall–Kier alpha value is -1.56. The lowest BCUT2D eigenvalue weighted by Gasteiger charge is -2.02. The van der Waals surface area contributed by atoms with Crippen LogP contribution < -0.4 is 0 Å². The maximum absolute atomic E-state index is 10.7. The van der Waals surface area contributed by atoms with Crippen molar-refractivity contribution in [2.75, 3.05) is 0 Å². The average Bonchev–Trinajstić information content (AvgIpc) is 2.08. The largest absolute Gasteiger partial charge is 0.477 e. The summed E-state index contributed by atoms with van der Waals surface area (Å²) in [5, 5.41) is 19.2. The Kier molecular flexibility index (Phi) is 2.76. The highest BCUT2D eigenvalue weighted by Crippen LogP contribution is 2.25. The number of rotatable bonds is 2. The van der Waals surface area contributed by atoms with Crippen LogP contribution in [0.25, 0.3) is 0 Å². The van der Waals surface area contributed by atoms with Crippen molar-refractivity contribution in [3.63, 3.8) is 0 Å². The van der Waals surface area contributed by atoms with E-state index >= 15 is 0 Å². The van der Waals surface area contributed by atoms with Crippen LogP contribution in [-0.2, 0) is 0 Å². The third-order valence-electron chi connectivity index (χ3n) is 1.74. The van der Waals surface area contributed by atoms with Crippen molar-refractivity contribution < 1.29 is 14.8 Å². The number of carbonyl (C=O) groups is 1. The minimum atomic E-state index is -1.33. The summed E-state index contributed by atoms with van der Waals surface area (Å²) in [7, 11) is 0. The van der Waals surface area contributed by atoms with Crippen LogP contribution in [0.4, 0.5) is 5.69 Å². The van der Waals surface area contributed by atoms with Crippen molar-refractivity contribution in [3.8, 4) is 0 Å². The quantitative estimate of drug-likeness (QED) is 0.446. The molecule has 0 atom stereocenters. The molecule has 6 heteroatoms. The molecule has 0 bridgehead atoms. The summed E-state index contributed by atoms with van der Waals surface area (Å²) in [5.41, 5.74) is -0.177. The van der Waals surface area contributed by atoms with E-state index in [1.165, 1.54) is 12.1 Å². The Labute approximate surface area is 84.9 Å². The molecule has 1 rings (SSSR count). The molecule has 0 aliphatic heterocycles. The number of benzene rings is 1. The van der Waals surface area contributed by atoms with Crippen LogP contribution in [-0.4, -0.2) is 16.0 Å². The molecule has 0 aliphatic rings. The predicted molar refractivity (Wildman–Crippen MR) is 52.0 cm³/mol. The van der Waals surface area contributed by atoms with E-state index in [9.17, 15) is 14.9 Å². The molecule has 5 nitrogen and oxygen atoms in total. The minimum Gasteiger partial charge on any atom is -0.477 e. The van der Waals surface area contributed by atoms with Crippen molar-refractivity contribution >= 4 is 24.3 Å². The minimum absolute atomic E-state index is 0.342. The maximum Gasteiger partial charge on any atom is 0.342 e. The summed E-state index contributed by atoms with van der Waals surface area (Å²) >= 11 is 3.99. The molecule has 1 N–H and O–H groups in total. The Morgan fingerprint density at radius 3 is 2.57 bits per heavy atom. The Balaban J connectivity index is 3.46. The van der Waals surface area contributed by atoms with Crippen LogP contribution in [0.1, 0.15) is 15.9 Å². The van der Waals surface area contributed by atoms with Gasteiger partial charge in [-0.1, -0.05) is 0 Å². The molecule has 14 heavy (non-hydrogen) atoms. The van der Waals surface area contributed by atoms with E-state index in [0.29, 0.717) is 10.5 Å². The summed E-state index contributed by atoms with van der Waals surface area (Å²) < 4.78 is 0. The molecular formula is C8H7NO4S. The van der Waals surface area contributed by atoms with Gasteiger partial charge in [0, 0.05) is 11.0 Å². The van der Waals surface area contributed by atoms with Crippen LogP contribution in [0, 0.1) is 17.0 Å². The number of thiol groups is 1. The van der Waals surface area contributed by atoms with Gasteiger partial charge < -0.3 is 5.11 Å². The van der Waals surface area contributed by atoms with Gasteiger partial charge in [-0.05, 0) is 18.6 Å². The Morgan fingerprint density at radius 1 is 1.57 bits per heavy atom. The lowest BCUT2D eigenvalue weighted by molar-refractivity contribution is -0.385. The van der Waals surface area contributed by atoms with E-state index in [1.54, 1.807) is 6.92 Å². The fourth-order valence-corrected chi connectivity index (χ4v) is 1.20. The summed E-state index contributed by atoms with van der Waals surface area (Å²) in [6.45, 7) is 1.63. The first kappa shape index (κ1) is 10.5. The zero-order chi connectivity index (χ0) is 10.9. The van der Waals surface area contributed by atoms with Gasteiger partial charge >= 0.3 is 5.97 Å². The average molecular weight is 213 g/mol. The molecule has 1 aromatic rings. The first-order valence-corrected chi connectivity index (χ1v) is 4.09. The topological polar surface area (TPSA) is 80.4 Å². The second kappa shape index (κ2) is 3.67.